The van der Waals surface area contributed by atoms with E-state index in [-0.39, 0.29) is 23.3 Å². The number of benzene rings is 1. The van der Waals surface area contributed by atoms with Crippen LogP contribution in [-0.2, 0) is 14.6 Å². The molecule has 122 valence electrons. The SMILES string of the molecule is CCN(CC)C(=O)CN(C)C(=O)c1ccc(S(C)(=O)=O)cc1. The normalized spacial score (nSPS) is 11.1. The number of amides is 2. The van der Waals surface area contributed by atoms with Crippen LogP contribution in [0.2, 0.25) is 0 Å². The van der Waals surface area contributed by atoms with Crippen molar-refractivity contribution in [1.82, 2.24) is 9.80 Å². The van der Waals surface area contributed by atoms with Crippen molar-refractivity contribution in [1.29, 1.82) is 0 Å². The fourth-order valence-corrected chi connectivity index (χ4v) is 2.65. The number of nitrogens with zero attached hydrogens (tertiary/aromatic N) is 2. The highest BCUT2D eigenvalue weighted by Gasteiger charge is 2.18. The molecule has 0 aliphatic carbocycles. The average Bonchev–Trinajstić information content (AvgIpc) is 2.46. The third-order valence-corrected chi connectivity index (χ3v) is 4.49. The van der Waals surface area contributed by atoms with Crippen molar-refractivity contribution in [3.05, 3.63) is 29.8 Å². The van der Waals surface area contributed by atoms with E-state index in [1.165, 1.54) is 29.2 Å². The highest BCUT2D eigenvalue weighted by Crippen LogP contribution is 2.11. The summed E-state index contributed by atoms with van der Waals surface area (Å²) in [5.74, 6) is -0.436. The predicted molar refractivity (Wildman–Crippen MR) is 84.4 cm³/mol. The molecular weight excluding hydrogens is 304 g/mol. The molecule has 0 unspecified atom stereocenters. The number of hydrogen-bond donors (Lipinski definition) is 0. The van der Waals surface area contributed by atoms with Gasteiger partial charge in [0, 0.05) is 32.0 Å². The standard InChI is InChI=1S/C15H22N2O4S/c1-5-17(6-2)14(18)11-16(3)15(19)12-7-9-13(10-8-12)22(4,20)21/h7-10H,5-6,11H2,1-4H3. The number of hydrogen-bond acceptors (Lipinski definition) is 4. The van der Waals surface area contributed by atoms with Crippen LogP contribution >= 0.6 is 0 Å². The summed E-state index contributed by atoms with van der Waals surface area (Å²) in [6, 6.07) is 5.69. The van der Waals surface area contributed by atoms with Gasteiger partial charge in [0.25, 0.3) is 5.91 Å². The Balaban J connectivity index is 2.81. The Labute approximate surface area is 131 Å². The number of carbonyl (C=O) groups excluding carboxylic acids is 2. The second-order valence-corrected chi connectivity index (χ2v) is 7.04. The largest absolute Gasteiger partial charge is 0.342 e. The highest BCUT2D eigenvalue weighted by atomic mass is 32.2. The van der Waals surface area contributed by atoms with Gasteiger partial charge in [-0.15, -0.1) is 0 Å². The van der Waals surface area contributed by atoms with Gasteiger partial charge in [-0.3, -0.25) is 9.59 Å². The van der Waals surface area contributed by atoms with E-state index in [9.17, 15) is 18.0 Å². The molecule has 1 aromatic carbocycles. The molecule has 0 spiro atoms. The first-order valence-electron chi connectivity index (χ1n) is 7.04. The Morgan fingerprint density at radius 2 is 1.55 bits per heavy atom. The molecule has 0 saturated carbocycles. The zero-order valence-electron chi connectivity index (χ0n) is 13.4. The van der Waals surface area contributed by atoms with Gasteiger partial charge < -0.3 is 9.80 Å². The smallest absolute Gasteiger partial charge is 0.254 e. The quantitative estimate of drug-likeness (QED) is 0.782. The van der Waals surface area contributed by atoms with Crippen LogP contribution in [-0.4, -0.2) is 63.0 Å². The maximum absolute atomic E-state index is 12.2. The lowest BCUT2D eigenvalue weighted by atomic mass is 10.2. The summed E-state index contributed by atoms with van der Waals surface area (Å²) < 4.78 is 22.8. The van der Waals surface area contributed by atoms with Gasteiger partial charge in [-0.2, -0.15) is 0 Å². The van der Waals surface area contributed by atoms with Gasteiger partial charge in [-0.05, 0) is 38.1 Å². The molecule has 0 atom stereocenters. The van der Waals surface area contributed by atoms with Crippen LogP contribution in [0.1, 0.15) is 24.2 Å². The van der Waals surface area contributed by atoms with E-state index in [1.54, 1.807) is 11.9 Å². The van der Waals surface area contributed by atoms with Crippen molar-refractivity contribution in [3.63, 3.8) is 0 Å². The van der Waals surface area contributed by atoms with Crippen molar-refractivity contribution >= 4 is 21.7 Å². The van der Waals surface area contributed by atoms with Crippen LogP contribution in [0, 0.1) is 0 Å². The maximum atomic E-state index is 12.2. The van der Waals surface area contributed by atoms with E-state index >= 15 is 0 Å². The molecule has 7 heteroatoms. The van der Waals surface area contributed by atoms with Gasteiger partial charge in [0.05, 0.1) is 11.4 Å². The molecule has 0 N–H and O–H groups in total. The van der Waals surface area contributed by atoms with Gasteiger partial charge in [0.15, 0.2) is 9.84 Å². The Hall–Kier alpha value is -1.89. The summed E-state index contributed by atoms with van der Waals surface area (Å²) in [6.07, 6.45) is 1.11. The van der Waals surface area contributed by atoms with Crippen LogP contribution in [0.3, 0.4) is 0 Å². The molecule has 2 amide bonds. The Morgan fingerprint density at radius 3 is 1.95 bits per heavy atom. The highest BCUT2D eigenvalue weighted by molar-refractivity contribution is 7.90. The minimum absolute atomic E-state index is 0.00561. The van der Waals surface area contributed by atoms with E-state index < -0.39 is 9.84 Å². The Bertz CT molecular complexity index is 634. The minimum atomic E-state index is -3.29. The maximum Gasteiger partial charge on any atom is 0.254 e. The number of likely N-dealkylation sites (N-methyl/N-ethyl adjacent to an activating group) is 2. The molecular formula is C15H22N2O4S. The van der Waals surface area contributed by atoms with Crippen molar-refractivity contribution in [2.45, 2.75) is 18.7 Å². The molecule has 0 fully saturated rings. The van der Waals surface area contributed by atoms with E-state index in [4.69, 9.17) is 0 Å². The van der Waals surface area contributed by atoms with Crippen LogP contribution in [0.15, 0.2) is 29.2 Å². The van der Waals surface area contributed by atoms with Gasteiger partial charge >= 0.3 is 0 Å². The van der Waals surface area contributed by atoms with Crippen LogP contribution in [0.25, 0.3) is 0 Å². The number of carbonyl (C=O) groups is 2. The summed E-state index contributed by atoms with van der Waals surface area (Å²) in [6.45, 7) is 4.95. The van der Waals surface area contributed by atoms with E-state index in [2.05, 4.69) is 0 Å². The molecule has 1 rings (SSSR count). The van der Waals surface area contributed by atoms with Crippen LogP contribution in [0.5, 0.6) is 0 Å². The lowest BCUT2D eigenvalue weighted by molar-refractivity contribution is -0.131. The molecule has 6 nitrogen and oxygen atoms in total. The predicted octanol–water partition coefficient (Wildman–Crippen LogP) is 1.03. The van der Waals surface area contributed by atoms with E-state index in [0.29, 0.717) is 18.7 Å². The van der Waals surface area contributed by atoms with Crippen molar-refractivity contribution in [2.75, 3.05) is 32.9 Å². The minimum Gasteiger partial charge on any atom is -0.342 e. The molecule has 0 aliphatic heterocycles. The molecule has 0 saturated heterocycles. The molecule has 22 heavy (non-hydrogen) atoms. The van der Waals surface area contributed by atoms with Gasteiger partial charge in [-0.25, -0.2) is 8.42 Å². The zero-order valence-corrected chi connectivity index (χ0v) is 14.2. The molecule has 0 bridgehead atoms. The van der Waals surface area contributed by atoms with Crippen LogP contribution < -0.4 is 0 Å². The average molecular weight is 326 g/mol. The number of sulfone groups is 1. The van der Waals surface area contributed by atoms with Crippen molar-refractivity contribution in [3.8, 4) is 0 Å². The summed E-state index contributed by atoms with van der Waals surface area (Å²) >= 11 is 0. The molecule has 0 aliphatic rings. The first kappa shape index (κ1) is 18.2. The first-order valence-corrected chi connectivity index (χ1v) is 8.93. The van der Waals surface area contributed by atoms with Gasteiger partial charge in [-0.1, -0.05) is 0 Å². The monoisotopic (exact) mass is 326 g/mol. The van der Waals surface area contributed by atoms with E-state index in [0.717, 1.165) is 6.26 Å². The lowest BCUT2D eigenvalue weighted by Crippen LogP contribution is -2.41. The third-order valence-electron chi connectivity index (χ3n) is 3.36. The van der Waals surface area contributed by atoms with Crippen molar-refractivity contribution in [2.24, 2.45) is 0 Å². The molecule has 0 heterocycles. The van der Waals surface area contributed by atoms with E-state index in [1.807, 2.05) is 13.8 Å². The fraction of sp³-hybridized carbons (Fsp3) is 0.467. The summed E-state index contributed by atoms with van der Waals surface area (Å²) in [4.78, 5) is 27.4. The van der Waals surface area contributed by atoms with Crippen LogP contribution in [0.4, 0.5) is 0 Å². The Kier molecular flexibility index (Phi) is 6.11. The summed E-state index contributed by atoms with van der Waals surface area (Å²) in [7, 11) is -1.74. The summed E-state index contributed by atoms with van der Waals surface area (Å²) in [5, 5.41) is 0. The Morgan fingerprint density at radius 1 is 1.05 bits per heavy atom. The van der Waals surface area contributed by atoms with Gasteiger partial charge in [0.2, 0.25) is 5.91 Å². The molecule has 0 aromatic heterocycles. The number of rotatable bonds is 6. The fourth-order valence-electron chi connectivity index (χ4n) is 2.02. The topological polar surface area (TPSA) is 74.8 Å². The lowest BCUT2D eigenvalue weighted by Gasteiger charge is -2.23. The molecule has 1 aromatic rings. The molecule has 0 radical (unpaired) electrons. The zero-order chi connectivity index (χ0) is 16.9. The third kappa shape index (κ3) is 4.56. The second-order valence-electron chi connectivity index (χ2n) is 5.02. The van der Waals surface area contributed by atoms with Gasteiger partial charge in [0.1, 0.15) is 0 Å². The van der Waals surface area contributed by atoms with Crippen molar-refractivity contribution < 1.29 is 18.0 Å². The summed E-state index contributed by atoms with van der Waals surface area (Å²) in [5.41, 5.74) is 0.349. The first-order chi connectivity index (χ1) is 10.2. The second kappa shape index (κ2) is 7.40.